The number of hydrogen-bond donors (Lipinski definition) is 3. The minimum absolute atomic E-state index is 0.0273. The Labute approximate surface area is 248 Å². The minimum Gasteiger partial charge on any atom is -0.504 e. The predicted molar refractivity (Wildman–Crippen MR) is 159 cm³/mol. The van der Waals surface area contributed by atoms with Gasteiger partial charge in [0.05, 0.1) is 42.2 Å². The van der Waals surface area contributed by atoms with E-state index in [0.717, 1.165) is 5.56 Å². The molecule has 0 aliphatic rings. The number of carbonyl (C=O) groups excluding carboxylic acids is 2. The van der Waals surface area contributed by atoms with Gasteiger partial charge in [-0.1, -0.05) is 18.2 Å². The Hall–Kier alpha value is -5.42. The molecule has 0 amide bonds. The second kappa shape index (κ2) is 15.0. The molecule has 0 bridgehead atoms. The van der Waals surface area contributed by atoms with Crippen molar-refractivity contribution in [1.29, 1.82) is 0 Å². The number of esters is 2. The second-order valence-corrected chi connectivity index (χ2v) is 8.69. The van der Waals surface area contributed by atoms with Gasteiger partial charge in [0.1, 0.15) is 0 Å². The van der Waals surface area contributed by atoms with Gasteiger partial charge in [0, 0.05) is 17.2 Å². The minimum atomic E-state index is -0.806. The number of methoxy groups -OCH3 is 5. The van der Waals surface area contributed by atoms with Gasteiger partial charge in [-0.05, 0) is 65.2 Å². The third kappa shape index (κ3) is 7.86. The molecule has 11 nitrogen and oxygen atoms in total. The molecule has 0 radical (unpaired) electrons. The lowest BCUT2D eigenvalue weighted by Gasteiger charge is -2.16. The fourth-order valence-electron chi connectivity index (χ4n) is 3.95. The van der Waals surface area contributed by atoms with Crippen LogP contribution in [0.25, 0.3) is 29.4 Å². The SMILES string of the molecule is COC(=O)/C=C/c1cc(OC)c(O)c(-c2cc(/C=C(\Oc3ccc(/C=C/CO)cc3OC)C(=O)OC)cc(OC)c2O)c1. The average molecular weight is 593 g/mol. The van der Waals surface area contributed by atoms with E-state index in [-0.39, 0.29) is 52.2 Å². The molecule has 0 aliphatic heterocycles. The summed E-state index contributed by atoms with van der Waals surface area (Å²) < 4.78 is 31.6. The van der Waals surface area contributed by atoms with Crippen LogP contribution in [0.2, 0.25) is 0 Å². The molecule has 0 heterocycles. The molecule has 3 rings (SSSR count). The van der Waals surface area contributed by atoms with Crippen LogP contribution in [0.3, 0.4) is 0 Å². The molecule has 3 N–H and O–H groups in total. The molecule has 0 spiro atoms. The van der Waals surface area contributed by atoms with Gasteiger partial charge in [0.2, 0.25) is 5.76 Å². The van der Waals surface area contributed by atoms with Crippen molar-refractivity contribution in [2.75, 3.05) is 42.2 Å². The molecule has 0 fully saturated rings. The van der Waals surface area contributed by atoms with E-state index in [4.69, 9.17) is 28.8 Å². The third-order valence-corrected chi connectivity index (χ3v) is 6.05. The molecule has 11 heteroatoms. The summed E-state index contributed by atoms with van der Waals surface area (Å²) in [6, 6.07) is 10.9. The van der Waals surface area contributed by atoms with Crippen LogP contribution in [-0.2, 0) is 19.1 Å². The van der Waals surface area contributed by atoms with E-state index >= 15 is 0 Å². The quantitative estimate of drug-likeness (QED) is 0.154. The highest BCUT2D eigenvalue weighted by molar-refractivity contribution is 5.93. The van der Waals surface area contributed by atoms with E-state index in [9.17, 15) is 19.8 Å². The number of ether oxygens (including phenoxy) is 6. The molecule has 0 aliphatic carbocycles. The number of hydrogen-bond acceptors (Lipinski definition) is 11. The molecule has 43 heavy (non-hydrogen) atoms. The van der Waals surface area contributed by atoms with Crippen molar-refractivity contribution in [3.63, 3.8) is 0 Å². The second-order valence-electron chi connectivity index (χ2n) is 8.69. The highest BCUT2D eigenvalue weighted by Crippen LogP contribution is 2.46. The first-order valence-corrected chi connectivity index (χ1v) is 12.7. The predicted octanol–water partition coefficient (Wildman–Crippen LogP) is 4.58. The smallest absolute Gasteiger partial charge is 0.373 e. The lowest BCUT2D eigenvalue weighted by atomic mass is 9.97. The van der Waals surface area contributed by atoms with Crippen LogP contribution in [0, 0.1) is 0 Å². The van der Waals surface area contributed by atoms with Gasteiger partial charge in [0.25, 0.3) is 0 Å². The summed E-state index contributed by atoms with van der Waals surface area (Å²) in [6.45, 7) is -0.132. The lowest BCUT2D eigenvalue weighted by molar-refractivity contribution is -0.138. The van der Waals surface area contributed by atoms with Crippen molar-refractivity contribution in [3.05, 3.63) is 77.1 Å². The van der Waals surface area contributed by atoms with Gasteiger partial charge in [-0.25, -0.2) is 9.59 Å². The first kappa shape index (κ1) is 32.1. The number of rotatable bonds is 12. The largest absolute Gasteiger partial charge is 0.504 e. The van der Waals surface area contributed by atoms with Crippen LogP contribution in [0.1, 0.15) is 16.7 Å². The Morgan fingerprint density at radius 1 is 0.698 bits per heavy atom. The molecule has 3 aromatic rings. The van der Waals surface area contributed by atoms with Gasteiger partial charge in [-0.2, -0.15) is 0 Å². The van der Waals surface area contributed by atoms with Crippen molar-refractivity contribution < 1.29 is 53.3 Å². The van der Waals surface area contributed by atoms with E-state index in [1.807, 2.05) is 0 Å². The zero-order chi connectivity index (χ0) is 31.5. The summed E-state index contributed by atoms with van der Waals surface area (Å²) in [7, 11) is 6.58. The Morgan fingerprint density at radius 3 is 1.84 bits per heavy atom. The summed E-state index contributed by atoms with van der Waals surface area (Å²) in [5.74, 6) is -1.60. The molecule has 3 aromatic carbocycles. The van der Waals surface area contributed by atoms with Crippen LogP contribution in [0.4, 0.5) is 0 Å². The van der Waals surface area contributed by atoms with Gasteiger partial charge < -0.3 is 43.7 Å². The van der Waals surface area contributed by atoms with E-state index in [0.29, 0.717) is 16.9 Å². The molecule has 0 saturated carbocycles. The van der Waals surface area contributed by atoms with Gasteiger partial charge >= 0.3 is 11.9 Å². The maximum absolute atomic E-state index is 12.8. The standard InChI is InChI=1S/C32H32O11/c1-38-25-15-19(7-6-12-33)8-10-24(25)43-28(32(37)42-5)18-21-14-23(31(36)27(17-21)40-3)22-13-20(9-11-29(34)41-4)16-26(39-2)30(22)35/h6-11,13-18,33,35-36H,12H2,1-5H3/b7-6+,11-9+,28-18-. The summed E-state index contributed by atoms with van der Waals surface area (Å²) >= 11 is 0. The monoisotopic (exact) mass is 592 g/mol. The molecular weight excluding hydrogens is 560 g/mol. The summed E-state index contributed by atoms with van der Waals surface area (Å²) in [5, 5.41) is 31.0. The number of aromatic hydroxyl groups is 2. The van der Waals surface area contributed by atoms with Crippen molar-refractivity contribution in [2.45, 2.75) is 0 Å². The summed E-state index contributed by atoms with van der Waals surface area (Å²) in [6.07, 6.45) is 7.27. The number of carbonyl (C=O) groups is 2. The van der Waals surface area contributed by atoms with Crippen LogP contribution < -0.4 is 18.9 Å². The van der Waals surface area contributed by atoms with Crippen molar-refractivity contribution in [3.8, 4) is 45.6 Å². The normalized spacial score (nSPS) is 11.4. The molecule has 0 unspecified atom stereocenters. The van der Waals surface area contributed by atoms with E-state index in [2.05, 4.69) is 4.74 Å². The maximum atomic E-state index is 12.8. The Kier molecular flexibility index (Phi) is 11.2. The van der Waals surface area contributed by atoms with Gasteiger partial charge in [-0.15, -0.1) is 0 Å². The number of aliphatic hydroxyl groups is 1. The summed E-state index contributed by atoms with van der Waals surface area (Å²) in [4.78, 5) is 24.4. The summed E-state index contributed by atoms with van der Waals surface area (Å²) in [5.41, 5.74) is 1.78. The molecule has 226 valence electrons. The first-order valence-electron chi connectivity index (χ1n) is 12.7. The van der Waals surface area contributed by atoms with Crippen molar-refractivity contribution in [2.24, 2.45) is 0 Å². The highest BCUT2D eigenvalue weighted by Gasteiger charge is 2.21. The number of phenols is 2. The molecule has 0 aromatic heterocycles. The highest BCUT2D eigenvalue weighted by atomic mass is 16.6. The molecular formula is C32H32O11. The van der Waals surface area contributed by atoms with Crippen LogP contribution in [0.15, 0.2) is 60.4 Å². The van der Waals surface area contributed by atoms with Crippen molar-refractivity contribution in [1.82, 2.24) is 0 Å². The first-order chi connectivity index (χ1) is 20.7. The average Bonchev–Trinajstić information content (AvgIpc) is 3.03. The van der Waals surface area contributed by atoms with Crippen molar-refractivity contribution >= 4 is 30.2 Å². The Morgan fingerprint density at radius 2 is 1.28 bits per heavy atom. The van der Waals surface area contributed by atoms with E-state index < -0.39 is 11.9 Å². The molecule has 0 atom stereocenters. The molecule has 0 saturated heterocycles. The number of phenolic OH excluding ortho intramolecular Hbond substituents is 2. The lowest BCUT2D eigenvalue weighted by Crippen LogP contribution is -2.11. The van der Waals surface area contributed by atoms with Crippen LogP contribution in [-0.4, -0.2) is 69.4 Å². The van der Waals surface area contributed by atoms with Crippen LogP contribution in [0.5, 0.6) is 34.5 Å². The maximum Gasteiger partial charge on any atom is 0.373 e. The Balaban J connectivity index is 2.17. The van der Waals surface area contributed by atoms with Gasteiger partial charge in [-0.3, -0.25) is 0 Å². The third-order valence-electron chi connectivity index (χ3n) is 6.05. The Bertz CT molecular complexity index is 1570. The van der Waals surface area contributed by atoms with E-state index in [1.54, 1.807) is 30.4 Å². The van der Waals surface area contributed by atoms with E-state index in [1.165, 1.54) is 78.0 Å². The fraction of sp³-hybridized carbons (Fsp3) is 0.188. The van der Waals surface area contributed by atoms with Crippen LogP contribution >= 0.6 is 0 Å². The zero-order valence-corrected chi connectivity index (χ0v) is 24.2. The topological polar surface area (TPSA) is 150 Å². The number of benzene rings is 3. The fourth-order valence-corrected chi connectivity index (χ4v) is 3.95. The van der Waals surface area contributed by atoms with Gasteiger partial charge in [0.15, 0.2) is 34.5 Å². The number of aliphatic hydroxyl groups excluding tert-OH is 1. The zero-order valence-electron chi connectivity index (χ0n) is 24.2.